The Morgan fingerprint density at radius 3 is 2.56 bits per heavy atom. The van der Waals surface area contributed by atoms with Gasteiger partial charge in [-0.2, -0.15) is 0 Å². The second kappa shape index (κ2) is 9.52. The number of nitrogens with zero attached hydrogens (tertiary/aromatic N) is 3. The number of pyridine rings is 1. The molecule has 1 N–H and O–H groups in total. The van der Waals surface area contributed by atoms with E-state index in [1.165, 1.54) is 11.8 Å². The van der Waals surface area contributed by atoms with E-state index in [4.69, 9.17) is 14.7 Å². The zero-order chi connectivity index (χ0) is 25.4. The fraction of sp³-hybridized carbons (Fsp3) is 0.286. The van der Waals surface area contributed by atoms with E-state index in [9.17, 15) is 9.59 Å². The maximum absolute atomic E-state index is 13.8. The van der Waals surface area contributed by atoms with Gasteiger partial charge in [0.1, 0.15) is 0 Å². The Balaban J connectivity index is 1.59. The molecule has 0 aliphatic carbocycles. The third-order valence-corrected chi connectivity index (χ3v) is 7.25. The van der Waals surface area contributed by atoms with E-state index < -0.39 is 5.25 Å². The molecule has 1 atom stereocenters. The van der Waals surface area contributed by atoms with Crippen molar-refractivity contribution in [1.29, 1.82) is 0 Å². The van der Waals surface area contributed by atoms with Gasteiger partial charge in [-0.1, -0.05) is 47.7 Å². The molecule has 184 valence electrons. The van der Waals surface area contributed by atoms with Crippen molar-refractivity contribution in [3.63, 3.8) is 0 Å². The lowest BCUT2D eigenvalue weighted by Crippen LogP contribution is -2.33. The lowest BCUT2D eigenvalue weighted by molar-refractivity contribution is -0.115. The van der Waals surface area contributed by atoms with Crippen LogP contribution in [-0.4, -0.2) is 31.3 Å². The minimum atomic E-state index is -0.504. The van der Waals surface area contributed by atoms with Crippen LogP contribution in [-0.2, 0) is 22.6 Å². The number of para-hydroxylation sites is 1. The second-order valence-electron chi connectivity index (χ2n) is 9.68. The summed E-state index contributed by atoms with van der Waals surface area (Å²) in [5, 5.41) is 3.28. The van der Waals surface area contributed by atoms with Crippen molar-refractivity contribution in [3.05, 3.63) is 87.8 Å². The Hall–Kier alpha value is -3.49. The normalized spacial score (nSPS) is 15.3. The molecule has 0 saturated heterocycles. The van der Waals surface area contributed by atoms with Gasteiger partial charge in [-0.05, 0) is 58.0 Å². The van der Waals surface area contributed by atoms with E-state index in [-0.39, 0.29) is 17.1 Å². The highest BCUT2D eigenvalue weighted by atomic mass is 32.2. The Kier molecular flexibility index (Phi) is 6.40. The number of anilines is 1. The van der Waals surface area contributed by atoms with Gasteiger partial charge in [0.2, 0.25) is 5.91 Å². The zero-order valence-corrected chi connectivity index (χ0v) is 21.6. The lowest BCUT2D eigenvalue weighted by Gasteiger charge is -2.31. The van der Waals surface area contributed by atoms with Crippen LogP contribution in [0.5, 0.6) is 0 Å². The molecule has 1 aliphatic heterocycles. The van der Waals surface area contributed by atoms with Crippen molar-refractivity contribution >= 4 is 34.4 Å². The molecule has 2 aromatic heterocycles. The van der Waals surface area contributed by atoms with E-state index in [0.717, 1.165) is 22.5 Å². The van der Waals surface area contributed by atoms with Crippen LogP contribution in [0.3, 0.4) is 0 Å². The number of carbonyl (C=O) groups excluding carboxylic acids is 1. The number of hydrogen-bond acceptors (Lipinski definition) is 6. The summed E-state index contributed by atoms with van der Waals surface area (Å²) in [6.07, 6.45) is 0.638. The highest BCUT2D eigenvalue weighted by Crippen LogP contribution is 2.30. The van der Waals surface area contributed by atoms with Crippen LogP contribution in [0.1, 0.15) is 37.6 Å². The number of hydrogen-bond donors (Lipinski definition) is 1. The van der Waals surface area contributed by atoms with Gasteiger partial charge in [-0.25, -0.2) is 9.97 Å². The summed E-state index contributed by atoms with van der Waals surface area (Å²) in [4.78, 5) is 36.4. The van der Waals surface area contributed by atoms with Gasteiger partial charge in [-0.15, -0.1) is 0 Å². The van der Waals surface area contributed by atoms with Gasteiger partial charge in [0, 0.05) is 17.7 Å². The van der Waals surface area contributed by atoms with Crippen molar-refractivity contribution < 1.29 is 9.53 Å². The van der Waals surface area contributed by atoms with Crippen molar-refractivity contribution in [2.45, 2.75) is 56.7 Å². The summed E-state index contributed by atoms with van der Waals surface area (Å²) in [7, 11) is 0. The van der Waals surface area contributed by atoms with Crippen molar-refractivity contribution in [3.8, 4) is 5.69 Å². The first-order valence-electron chi connectivity index (χ1n) is 11.9. The quantitative estimate of drug-likeness (QED) is 0.305. The molecule has 2 aromatic carbocycles. The first-order valence-corrected chi connectivity index (χ1v) is 12.8. The standard InChI is InChI=1S/C28H28N4O3S/c1-17-10-12-21(13-11-17)32-26(34)22-14-19-16-35-28(3,4)15-23(19)30-24(22)31-27(32)36-18(2)25(33)29-20-8-6-5-7-9-20/h5-14,18H,15-16H2,1-4H3,(H,29,33). The number of carbonyl (C=O) groups is 1. The molecule has 7 nitrogen and oxygen atoms in total. The van der Waals surface area contributed by atoms with Gasteiger partial charge in [0.15, 0.2) is 10.8 Å². The number of nitrogens with one attached hydrogen (secondary N) is 1. The van der Waals surface area contributed by atoms with Crippen molar-refractivity contribution in [2.24, 2.45) is 0 Å². The molecule has 0 spiro atoms. The van der Waals surface area contributed by atoms with Crippen LogP contribution in [0.2, 0.25) is 0 Å². The molecule has 0 bridgehead atoms. The molecule has 0 radical (unpaired) electrons. The van der Waals surface area contributed by atoms with Crippen LogP contribution >= 0.6 is 11.8 Å². The molecule has 3 heterocycles. The number of thioether (sulfide) groups is 1. The Labute approximate surface area is 213 Å². The van der Waals surface area contributed by atoms with E-state index in [1.54, 1.807) is 11.5 Å². The number of ether oxygens (including phenoxy) is 1. The maximum atomic E-state index is 13.8. The first-order chi connectivity index (χ1) is 17.2. The average Bonchev–Trinajstić information content (AvgIpc) is 2.84. The predicted molar refractivity (Wildman–Crippen MR) is 143 cm³/mol. The molecule has 8 heteroatoms. The fourth-order valence-electron chi connectivity index (χ4n) is 4.16. The molecule has 0 saturated carbocycles. The van der Waals surface area contributed by atoms with Gasteiger partial charge in [-0.3, -0.25) is 14.2 Å². The third kappa shape index (κ3) is 4.92. The summed E-state index contributed by atoms with van der Waals surface area (Å²) in [5.74, 6) is -0.173. The average molecular weight is 501 g/mol. The molecular formula is C28H28N4O3S. The Morgan fingerprint density at radius 2 is 1.83 bits per heavy atom. The molecule has 1 aliphatic rings. The van der Waals surface area contributed by atoms with Gasteiger partial charge < -0.3 is 10.1 Å². The third-order valence-electron chi connectivity index (χ3n) is 6.19. The van der Waals surface area contributed by atoms with Gasteiger partial charge in [0.25, 0.3) is 5.56 Å². The molecule has 4 aromatic rings. The van der Waals surface area contributed by atoms with Gasteiger partial charge >= 0.3 is 0 Å². The Bertz CT molecular complexity index is 1500. The first kappa shape index (κ1) is 24.2. The smallest absolute Gasteiger partial charge is 0.268 e. The summed E-state index contributed by atoms with van der Waals surface area (Å²) in [5.41, 5.74) is 4.13. The second-order valence-corrected chi connectivity index (χ2v) is 11.0. The SMILES string of the molecule is Cc1ccc(-n2c(SC(C)C(=O)Nc3ccccc3)nc3nc4c(cc3c2=O)COC(C)(C)C4)cc1. The van der Waals surface area contributed by atoms with Crippen LogP contribution < -0.4 is 10.9 Å². The maximum Gasteiger partial charge on any atom is 0.268 e. The van der Waals surface area contributed by atoms with Crippen LogP contribution in [0.15, 0.2) is 70.6 Å². The largest absolute Gasteiger partial charge is 0.370 e. The van der Waals surface area contributed by atoms with Crippen molar-refractivity contribution in [2.75, 3.05) is 5.32 Å². The highest BCUT2D eigenvalue weighted by Gasteiger charge is 2.29. The number of benzene rings is 2. The van der Waals surface area contributed by atoms with E-state index >= 15 is 0 Å². The summed E-state index contributed by atoms with van der Waals surface area (Å²) in [6, 6.07) is 18.8. The molecule has 36 heavy (non-hydrogen) atoms. The number of rotatable bonds is 5. The summed E-state index contributed by atoms with van der Waals surface area (Å²) < 4.78 is 7.51. The molecule has 0 fully saturated rings. The highest BCUT2D eigenvalue weighted by molar-refractivity contribution is 8.00. The molecule has 1 amide bonds. The number of amides is 1. The van der Waals surface area contributed by atoms with Crippen LogP contribution in [0.25, 0.3) is 16.7 Å². The predicted octanol–water partition coefficient (Wildman–Crippen LogP) is 5.06. The zero-order valence-electron chi connectivity index (χ0n) is 20.7. The monoisotopic (exact) mass is 500 g/mol. The summed E-state index contributed by atoms with van der Waals surface area (Å²) in [6.45, 7) is 8.26. The van der Waals surface area contributed by atoms with E-state index in [0.29, 0.717) is 34.9 Å². The van der Waals surface area contributed by atoms with Crippen molar-refractivity contribution in [1.82, 2.24) is 14.5 Å². The minimum Gasteiger partial charge on any atom is -0.370 e. The number of aryl methyl sites for hydroxylation is 1. The summed E-state index contributed by atoms with van der Waals surface area (Å²) >= 11 is 1.24. The van der Waals surface area contributed by atoms with Crippen LogP contribution in [0.4, 0.5) is 5.69 Å². The topological polar surface area (TPSA) is 86.1 Å². The Morgan fingerprint density at radius 1 is 1.11 bits per heavy atom. The number of aromatic nitrogens is 3. The molecule has 1 unspecified atom stereocenters. The van der Waals surface area contributed by atoms with Crippen LogP contribution in [0, 0.1) is 6.92 Å². The number of fused-ring (bicyclic) bond motifs is 2. The lowest BCUT2D eigenvalue weighted by atomic mass is 9.95. The fourth-order valence-corrected chi connectivity index (χ4v) is 5.07. The van der Waals surface area contributed by atoms with Gasteiger partial charge in [0.05, 0.1) is 34.2 Å². The molecular weight excluding hydrogens is 472 g/mol. The van der Waals surface area contributed by atoms with E-state index in [2.05, 4.69) is 5.32 Å². The van der Waals surface area contributed by atoms with E-state index in [1.807, 2.05) is 81.4 Å². The minimum absolute atomic E-state index is 0.173. The molecule has 5 rings (SSSR count).